The molecule has 1 N–H and O–H groups in total. The van der Waals surface area contributed by atoms with Crippen molar-refractivity contribution in [2.45, 2.75) is 69.0 Å². The fourth-order valence-corrected chi connectivity index (χ4v) is 5.08. The number of amides is 4. The van der Waals surface area contributed by atoms with Crippen LogP contribution in [0.1, 0.15) is 51.4 Å². The Morgan fingerprint density at radius 2 is 1.81 bits per heavy atom. The van der Waals surface area contributed by atoms with Gasteiger partial charge < -0.3 is 15.1 Å². The molecule has 3 saturated heterocycles. The van der Waals surface area contributed by atoms with Gasteiger partial charge in [-0.3, -0.25) is 14.5 Å². The summed E-state index contributed by atoms with van der Waals surface area (Å²) in [4.78, 5) is 43.1. The third-order valence-electron chi connectivity index (χ3n) is 6.65. The standard InChI is InChI=1S/C18H28N4O3.ClH/c1-20-17(25)22(16(24)18(20)8-3-2-4-9-18)12-15(23)21-10-7-13-5-6-14(11-21)19-13;/h13-14,19H,2-12H2,1H3;1H. The van der Waals surface area contributed by atoms with E-state index in [1.165, 1.54) is 11.3 Å². The van der Waals surface area contributed by atoms with Gasteiger partial charge in [-0.1, -0.05) is 19.3 Å². The van der Waals surface area contributed by atoms with Gasteiger partial charge in [0, 0.05) is 32.2 Å². The molecule has 1 spiro atoms. The fraction of sp³-hybridized carbons (Fsp3) is 0.833. The predicted octanol–water partition coefficient (Wildman–Crippen LogP) is 1.36. The first kappa shape index (κ1) is 19.4. The summed E-state index contributed by atoms with van der Waals surface area (Å²) in [6.07, 6.45) is 7.71. The minimum absolute atomic E-state index is 0. The number of carbonyl (C=O) groups excluding carboxylic acids is 3. The number of likely N-dealkylation sites (tertiary alicyclic amines) is 1. The average Bonchev–Trinajstić information content (AvgIpc) is 3.03. The maximum absolute atomic E-state index is 13.0. The molecule has 2 unspecified atom stereocenters. The Balaban J connectivity index is 0.00000196. The maximum atomic E-state index is 13.0. The van der Waals surface area contributed by atoms with Crippen LogP contribution in [0.25, 0.3) is 0 Å². The van der Waals surface area contributed by atoms with Crippen molar-refractivity contribution in [1.82, 2.24) is 20.0 Å². The molecule has 4 fully saturated rings. The van der Waals surface area contributed by atoms with Crippen LogP contribution >= 0.6 is 12.4 Å². The number of carbonyl (C=O) groups is 3. The van der Waals surface area contributed by atoms with Crippen LogP contribution in [-0.4, -0.2) is 76.8 Å². The lowest BCUT2D eigenvalue weighted by molar-refractivity contribution is -0.140. The van der Waals surface area contributed by atoms with Crippen molar-refractivity contribution in [3.63, 3.8) is 0 Å². The molecule has 26 heavy (non-hydrogen) atoms. The van der Waals surface area contributed by atoms with Gasteiger partial charge >= 0.3 is 6.03 Å². The SMILES string of the molecule is CN1C(=O)N(CC(=O)N2CCC3CCC(C2)N3)C(=O)C12CCCCC2.Cl. The van der Waals surface area contributed by atoms with E-state index in [-0.39, 0.29) is 36.8 Å². The number of fused-ring (bicyclic) bond motifs is 2. The quantitative estimate of drug-likeness (QED) is 0.729. The molecule has 3 aliphatic heterocycles. The number of rotatable bonds is 2. The Kier molecular flexibility index (Phi) is 5.49. The van der Waals surface area contributed by atoms with E-state index in [1.54, 1.807) is 11.9 Å². The Labute approximate surface area is 160 Å². The number of hydrogen-bond acceptors (Lipinski definition) is 4. The van der Waals surface area contributed by atoms with E-state index in [0.29, 0.717) is 25.2 Å². The van der Waals surface area contributed by atoms with Crippen molar-refractivity contribution in [3.05, 3.63) is 0 Å². The van der Waals surface area contributed by atoms with Crippen LogP contribution in [0.3, 0.4) is 0 Å². The van der Waals surface area contributed by atoms with Gasteiger partial charge in [-0.2, -0.15) is 0 Å². The summed E-state index contributed by atoms with van der Waals surface area (Å²) in [6.45, 7) is 1.29. The molecule has 146 valence electrons. The van der Waals surface area contributed by atoms with Gasteiger partial charge in [-0.05, 0) is 32.1 Å². The number of imide groups is 1. The summed E-state index contributed by atoms with van der Waals surface area (Å²) in [5.74, 6) is -0.264. The lowest BCUT2D eigenvalue weighted by Crippen LogP contribution is -2.50. The molecule has 4 rings (SSSR count). The molecule has 7 nitrogen and oxygen atoms in total. The van der Waals surface area contributed by atoms with E-state index in [0.717, 1.165) is 44.9 Å². The second kappa shape index (κ2) is 7.35. The van der Waals surface area contributed by atoms with E-state index >= 15 is 0 Å². The normalized spacial score (nSPS) is 30.6. The number of hydrogen-bond donors (Lipinski definition) is 1. The number of nitrogens with zero attached hydrogens (tertiary/aromatic N) is 3. The summed E-state index contributed by atoms with van der Waals surface area (Å²) < 4.78 is 0. The zero-order valence-corrected chi connectivity index (χ0v) is 16.2. The van der Waals surface area contributed by atoms with Crippen LogP contribution in [-0.2, 0) is 9.59 Å². The minimum Gasteiger partial charge on any atom is -0.340 e. The third kappa shape index (κ3) is 3.09. The highest BCUT2D eigenvalue weighted by atomic mass is 35.5. The third-order valence-corrected chi connectivity index (χ3v) is 6.65. The summed E-state index contributed by atoms with van der Waals surface area (Å²) in [6, 6.07) is 0.554. The predicted molar refractivity (Wildman–Crippen MR) is 99.1 cm³/mol. The summed E-state index contributed by atoms with van der Waals surface area (Å²) in [5, 5.41) is 3.55. The molecule has 8 heteroatoms. The minimum atomic E-state index is -0.699. The van der Waals surface area contributed by atoms with Crippen LogP contribution in [0.2, 0.25) is 0 Å². The first-order valence-corrected chi connectivity index (χ1v) is 9.65. The van der Waals surface area contributed by atoms with Gasteiger partial charge in [0.05, 0.1) is 0 Å². The van der Waals surface area contributed by atoms with E-state index in [2.05, 4.69) is 5.32 Å². The number of nitrogens with one attached hydrogen (secondary N) is 1. The van der Waals surface area contributed by atoms with Crippen LogP contribution < -0.4 is 5.32 Å². The summed E-state index contributed by atoms with van der Waals surface area (Å²) >= 11 is 0. The van der Waals surface area contributed by atoms with Gasteiger partial charge in [0.15, 0.2) is 0 Å². The van der Waals surface area contributed by atoms with Gasteiger partial charge in [-0.25, -0.2) is 4.79 Å². The number of halogens is 1. The smallest absolute Gasteiger partial charge is 0.327 e. The van der Waals surface area contributed by atoms with Gasteiger partial charge in [-0.15, -0.1) is 12.4 Å². The average molecular weight is 385 g/mol. The molecule has 4 aliphatic rings. The van der Waals surface area contributed by atoms with Crippen molar-refractivity contribution in [2.75, 3.05) is 26.7 Å². The highest BCUT2D eigenvalue weighted by Crippen LogP contribution is 2.39. The first-order chi connectivity index (χ1) is 12.0. The largest absolute Gasteiger partial charge is 0.340 e. The second-order valence-corrected chi connectivity index (χ2v) is 8.09. The van der Waals surface area contributed by atoms with Crippen LogP contribution in [0, 0.1) is 0 Å². The highest BCUT2D eigenvalue weighted by molar-refractivity contribution is 6.08. The van der Waals surface area contributed by atoms with Crippen LogP contribution in [0.4, 0.5) is 4.79 Å². The van der Waals surface area contributed by atoms with E-state index < -0.39 is 5.54 Å². The van der Waals surface area contributed by atoms with Crippen molar-refractivity contribution in [2.24, 2.45) is 0 Å². The van der Waals surface area contributed by atoms with Crippen LogP contribution in [0.15, 0.2) is 0 Å². The Hall–Kier alpha value is -1.34. The molecule has 0 aromatic heterocycles. The zero-order chi connectivity index (χ0) is 17.6. The lowest BCUT2D eigenvalue weighted by atomic mass is 9.81. The van der Waals surface area contributed by atoms with Crippen LogP contribution in [0.5, 0.6) is 0 Å². The zero-order valence-electron chi connectivity index (χ0n) is 15.4. The fourth-order valence-electron chi connectivity index (χ4n) is 5.08. The monoisotopic (exact) mass is 384 g/mol. The molecule has 1 saturated carbocycles. The first-order valence-electron chi connectivity index (χ1n) is 9.65. The molecule has 0 aromatic carbocycles. The molecule has 2 bridgehead atoms. The van der Waals surface area contributed by atoms with Gasteiger partial charge in [0.1, 0.15) is 12.1 Å². The molecule has 2 atom stereocenters. The highest BCUT2D eigenvalue weighted by Gasteiger charge is 2.56. The molecule has 3 heterocycles. The Bertz CT molecular complexity index is 593. The molecule has 0 radical (unpaired) electrons. The van der Waals surface area contributed by atoms with Crippen molar-refractivity contribution in [1.29, 1.82) is 0 Å². The van der Waals surface area contributed by atoms with Crippen molar-refractivity contribution in [3.8, 4) is 0 Å². The molecular formula is C18H29ClN4O3. The van der Waals surface area contributed by atoms with Crippen molar-refractivity contribution < 1.29 is 14.4 Å². The Morgan fingerprint density at radius 3 is 2.54 bits per heavy atom. The van der Waals surface area contributed by atoms with Gasteiger partial charge in [0.2, 0.25) is 5.91 Å². The summed E-state index contributed by atoms with van der Waals surface area (Å²) in [5.41, 5.74) is -0.699. The molecule has 4 amide bonds. The van der Waals surface area contributed by atoms with E-state index in [4.69, 9.17) is 0 Å². The molecule has 1 aliphatic carbocycles. The lowest BCUT2D eigenvalue weighted by Gasteiger charge is -2.35. The topological polar surface area (TPSA) is 73.0 Å². The number of urea groups is 1. The second-order valence-electron chi connectivity index (χ2n) is 8.09. The van der Waals surface area contributed by atoms with E-state index in [1.807, 2.05) is 4.90 Å². The van der Waals surface area contributed by atoms with E-state index in [9.17, 15) is 14.4 Å². The molecular weight excluding hydrogens is 356 g/mol. The maximum Gasteiger partial charge on any atom is 0.327 e. The van der Waals surface area contributed by atoms with Crippen molar-refractivity contribution >= 4 is 30.3 Å². The Morgan fingerprint density at radius 1 is 1.12 bits per heavy atom. The summed E-state index contributed by atoms with van der Waals surface area (Å²) in [7, 11) is 1.71. The van der Waals surface area contributed by atoms with Gasteiger partial charge in [0.25, 0.3) is 5.91 Å². The number of likely N-dealkylation sites (N-methyl/N-ethyl adjacent to an activating group) is 1. The molecule has 0 aromatic rings.